The van der Waals surface area contributed by atoms with Crippen LogP contribution in [0.2, 0.25) is 0 Å². The van der Waals surface area contributed by atoms with Crippen LogP contribution in [-0.2, 0) is 15.6 Å². The molecule has 0 atom stereocenters. The van der Waals surface area contributed by atoms with E-state index in [1.54, 1.807) is 0 Å². The van der Waals surface area contributed by atoms with Gasteiger partial charge in [-0.1, -0.05) is 74.5 Å². The van der Waals surface area contributed by atoms with Gasteiger partial charge in [-0.05, 0) is 103 Å². The van der Waals surface area contributed by atoms with Crippen LogP contribution in [-0.4, -0.2) is 31.0 Å². The number of benzene rings is 4. The number of ether oxygens (including phenoxy) is 1. The van der Waals surface area contributed by atoms with E-state index in [4.69, 9.17) is 4.74 Å². The Labute approximate surface area is 268 Å². The van der Waals surface area contributed by atoms with Crippen molar-refractivity contribution < 1.29 is 9.31 Å². The molecule has 2 heterocycles. The molecule has 0 unspecified atom stereocenters. The summed E-state index contributed by atoms with van der Waals surface area (Å²) in [5.74, 6) is 1.03. The normalized spacial score (nSPS) is 20.7. The molecule has 7 rings (SSSR count). The van der Waals surface area contributed by atoms with Gasteiger partial charge in [0.1, 0.15) is 12.8 Å². The average molecular weight is 594 g/mol. The summed E-state index contributed by atoms with van der Waals surface area (Å²) in [6.45, 7) is 12.7. The highest BCUT2D eigenvalue weighted by molar-refractivity contribution is 6.07. The van der Waals surface area contributed by atoms with Crippen molar-refractivity contribution in [2.45, 2.75) is 64.7 Å². The second kappa shape index (κ2) is 10.9. The smallest absolute Gasteiger partial charge is 0.210 e. The molecule has 0 saturated heterocycles. The topological polar surface area (TPSA) is 15.5 Å². The van der Waals surface area contributed by atoms with E-state index in [1.807, 2.05) is 7.11 Å². The lowest BCUT2D eigenvalue weighted by atomic mass is 9.78. The molecule has 2 aliphatic heterocycles. The van der Waals surface area contributed by atoms with Crippen molar-refractivity contribution in [3.63, 3.8) is 0 Å². The van der Waals surface area contributed by atoms with Crippen LogP contribution >= 0.6 is 0 Å². The molecule has 0 N–H and O–H groups in total. The van der Waals surface area contributed by atoms with Gasteiger partial charge in [-0.2, -0.15) is 4.58 Å². The Morgan fingerprint density at radius 1 is 0.778 bits per heavy atom. The number of hydrogen-bond acceptors (Lipinski definition) is 2. The first-order valence-electron chi connectivity index (χ1n) is 16.5. The number of allylic oxidation sites excluding steroid dienone is 7. The highest BCUT2D eigenvalue weighted by Crippen LogP contribution is 2.51. The zero-order valence-electron chi connectivity index (χ0n) is 27.9. The summed E-state index contributed by atoms with van der Waals surface area (Å²) in [7, 11) is 4.03. The van der Waals surface area contributed by atoms with E-state index in [9.17, 15) is 0 Å². The summed E-state index contributed by atoms with van der Waals surface area (Å²) in [5, 5.41) is 5.30. The van der Waals surface area contributed by atoms with E-state index in [1.165, 1.54) is 66.6 Å². The predicted octanol–water partition coefficient (Wildman–Crippen LogP) is 10.3. The zero-order valence-corrected chi connectivity index (χ0v) is 27.9. The van der Waals surface area contributed by atoms with E-state index in [0.717, 1.165) is 31.6 Å². The first kappa shape index (κ1) is 29.3. The first-order valence-corrected chi connectivity index (χ1v) is 16.5. The second-order valence-electron chi connectivity index (χ2n) is 13.8. The van der Waals surface area contributed by atoms with Crippen molar-refractivity contribution in [1.29, 1.82) is 0 Å². The molecule has 45 heavy (non-hydrogen) atoms. The zero-order chi connectivity index (χ0) is 31.5. The molecule has 0 bridgehead atoms. The molecule has 3 nitrogen and oxygen atoms in total. The van der Waals surface area contributed by atoms with E-state index in [-0.39, 0.29) is 10.8 Å². The number of methoxy groups -OCH3 is 1. The summed E-state index contributed by atoms with van der Waals surface area (Å²) in [4.78, 5) is 2.49. The number of anilines is 1. The molecule has 0 amide bonds. The van der Waals surface area contributed by atoms with Gasteiger partial charge in [0.2, 0.25) is 5.69 Å². The maximum atomic E-state index is 6.16. The summed E-state index contributed by atoms with van der Waals surface area (Å²) >= 11 is 0. The van der Waals surface area contributed by atoms with Crippen LogP contribution in [0.1, 0.15) is 65.0 Å². The van der Waals surface area contributed by atoms with E-state index in [2.05, 4.69) is 148 Å². The fourth-order valence-corrected chi connectivity index (χ4v) is 8.41. The summed E-state index contributed by atoms with van der Waals surface area (Å²) in [6.07, 6.45) is 12.5. The van der Waals surface area contributed by atoms with Crippen molar-refractivity contribution in [2.75, 3.05) is 25.6 Å². The Balaban J connectivity index is 1.25. The van der Waals surface area contributed by atoms with Crippen molar-refractivity contribution in [3.8, 4) is 0 Å². The lowest BCUT2D eigenvalue weighted by molar-refractivity contribution is -0.401. The summed E-state index contributed by atoms with van der Waals surface area (Å²) in [6, 6.07) is 26.7. The Hall–Kier alpha value is -4.37. The van der Waals surface area contributed by atoms with Crippen LogP contribution in [0, 0.1) is 0 Å². The van der Waals surface area contributed by atoms with Gasteiger partial charge >= 0.3 is 0 Å². The number of rotatable bonds is 5. The minimum Gasteiger partial charge on any atom is -0.496 e. The van der Waals surface area contributed by atoms with E-state index in [0.29, 0.717) is 0 Å². The maximum Gasteiger partial charge on any atom is 0.210 e. The first-order chi connectivity index (χ1) is 21.7. The Morgan fingerprint density at radius 3 is 2.13 bits per heavy atom. The Kier molecular flexibility index (Phi) is 7.11. The average Bonchev–Trinajstić information content (AvgIpc) is 3.39. The van der Waals surface area contributed by atoms with Crippen LogP contribution in [0.4, 0.5) is 11.4 Å². The van der Waals surface area contributed by atoms with E-state index < -0.39 is 0 Å². The minimum atomic E-state index is -0.107. The van der Waals surface area contributed by atoms with Crippen LogP contribution in [0.15, 0.2) is 120 Å². The van der Waals surface area contributed by atoms with Crippen LogP contribution in [0.3, 0.4) is 0 Å². The lowest BCUT2D eigenvalue weighted by Crippen LogP contribution is -2.27. The fraction of sp³-hybridized carbons (Fsp3) is 0.310. The minimum absolute atomic E-state index is 0.105. The molecule has 0 aromatic heterocycles. The van der Waals surface area contributed by atoms with E-state index >= 15 is 0 Å². The molecule has 1 aliphatic carbocycles. The maximum absolute atomic E-state index is 6.16. The number of fused-ring (bicyclic) bond motifs is 6. The lowest BCUT2D eigenvalue weighted by Gasteiger charge is -2.26. The van der Waals surface area contributed by atoms with Crippen molar-refractivity contribution in [3.05, 3.63) is 131 Å². The number of likely N-dealkylation sites (N-methyl/N-ethyl adjacent to an activating group) is 1. The summed E-state index contributed by atoms with van der Waals surface area (Å²) in [5.41, 5.74) is 10.5. The molecular formula is C42H45N2O+. The third kappa shape index (κ3) is 4.50. The molecule has 0 saturated carbocycles. The molecular weight excluding hydrogens is 548 g/mol. The Morgan fingerprint density at radius 2 is 1.44 bits per heavy atom. The number of nitrogens with zero attached hydrogens (tertiary/aromatic N) is 2. The Bertz CT molecular complexity index is 2010. The molecule has 0 radical (unpaired) electrons. The third-order valence-electron chi connectivity index (χ3n) is 10.5. The van der Waals surface area contributed by atoms with Crippen LogP contribution in [0.5, 0.6) is 0 Å². The largest absolute Gasteiger partial charge is 0.496 e. The number of hydrogen-bond donors (Lipinski definition) is 0. The third-order valence-corrected chi connectivity index (χ3v) is 10.5. The van der Waals surface area contributed by atoms with Gasteiger partial charge in [0.05, 0.1) is 12.5 Å². The van der Waals surface area contributed by atoms with Gasteiger partial charge in [0.25, 0.3) is 0 Å². The van der Waals surface area contributed by atoms with Gasteiger partial charge in [0.15, 0.2) is 5.71 Å². The molecule has 3 aliphatic rings. The van der Waals surface area contributed by atoms with Gasteiger partial charge in [-0.25, -0.2) is 0 Å². The monoisotopic (exact) mass is 593 g/mol. The highest BCUT2D eigenvalue weighted by Gasteiger charge is 2.44. The molecule has 228 valence electrons. The van der Waals surface area contributed by atoms with Crippen molar-refractivity contribution in [1.82, 2.24) is 0 Å². The highest BCUT2D eigenvalue weighted by atomic mass is 16.5. The molecule has 0 fully saturated rings. The molecule has 3 heteroatoms. The summed E-state index contributed by atoms with van der Waals surface area (Å²) < 4.78 is 8.54. The second-order valence-corrected chi connectivity index (χ2v) is 13.8. The predicted molar refractivity (Wildman–Crippen MR) is 191 cm³/mol. The van der Waals surface area contributed by atoms with Gasteiger partial charge in [0, 0.05) is 41.1 Å². The van der Waals surface area contributed by atoms with Gasteiger partial charge in [-0.15, -0.1) is 0 Å². The molecule has 4 aromatic rings. The van der Waals surface area contributed by atoms with Gasteiger partial charge in [-0.3, -0.25) is 0 Å². The SMILES string of the molecule is CCN1C(=CC=C2CCCC(C=CC3=[N+](C)c4ccc5ccccc5c4C3(C)C)=C2OC)C(C)(C)c2c1ccc1ccccc21. The van der Waals surface area contributed by atoms with Crippen molar-refractivity contribution in [2.24, 2.45) is 0 Å². The molecule has 4 aromatic carbocycles. The van der Waals surface area contributed by atoms with Crippen molar-refractivity contribution >= 4 is 38.6 Å². The van der Waals surface area contributed by atoms with Gasteiger partial charge < -0.3 is 9.64 Å². The molecule has 0 spiro atoms. The quantitative estimate of drug-likeness (QED) is 0.214. The van der Waals surface area contributed by atoms with Crippen LogP contribution < -0.4 is 4.90 Å². The van der Waals surface area contributed by atoms with Crippen LogP contribution in [0.25, 0.3) is 21.5 Å². The fourth-order valence-electron chi connectivity index (χ4n) is 8.41. The standard InChI is InChI=1S/C42H45N2O/c1-8-44-35-25-21-29-15-10-12-19-33(29)39(35)42(4,5)37(44)27-23-31-17-13-16-30(40(31)45-7)22-26-36-41(2,3)38-32-18-11-9-14-28(32)20-24-34(38)43(36)6/h9-12,14-15,18-27H,8,13,16-17H2,1-7H3/q+1.